The highest BCUT2D eigenvalue weighted by atomic mass is 32.2. The van der Waals surface area contributed by atoms with Crippen LogP contribution in [0.3, 0.4) is 0 Å². The molecule has 100 valence electrons. The molecule has 2 unspecified atom stereocenters. The minimum absolute atomic E-state index is 0.0449. The Hall–Kier alpha value is -0.240. The van der Waals surface area contributed by atoms with Crippen LogP contribution in [0.15, 0.2) is 0 Å². The van der Waals surface area contributed by atoms with Gasteiger partial charge in [0.15, 0.2) is 0 Å². The average Bonchev–Trinajstić information content (AvgIpc) is 2.61. The Bertz CT molecular complexity index is 370. The molecular formula is C10H21N3O2S2. The van der Waals surface area contributed by atoms with E-state index < -0.39 is 15.3 Å². The monoisotopic (exact) mass is 279 g/mol. The molecule has 2 atom stereocenters. The van der Waals surface area contributed by atoms with Gasteiger partial charge in [0.2, 0.25) is 10.0 Å². The molecule has 0 aromatic heterocycles. The van der Waals surface area contributed by atoms with Crippen LogP contribution in [-0.4, -0.2) is 50.2 Å². The molecule has 0 aromatic rings. The molecule has 1 rings (SSSR count). The largest absolute Gasteiger partial charge is 0.392 e. The maximum Gasteiger partial charge on any atom is 0.221 e. The van der Waals surface area contributed by atoms with Gasteiger partial charge >= 0.3 is 0 Å². The molecule has 1 aliphatic heterocycles. The number of nitrogens with one attached hydrogen (secondary N) is 1. The van der Waals surface area contributed by atoms with Crippen molar-refractivity contribution in [2.75, 3.05) is 26.7 Å². The molecule has 1 aliphatic rings. The van der Waals surface area contributed by atoms with E-state index in [1.54, 1.807) is 6.92 Å². The van der Waals surface area contributed by atoms with Gasteiger partial charge < -0.3 is 10.6 Å². The molecule has 3 N–H and O–H groups in total. The summed E-state index contributed by atoms with van der Waals surface area (Å²) >= 11 is 4.78. The van der Waals surface area contributed by atoms with Crippen molar-refractivity contribution in [3.8, 4) is 0 Å². The van der Waals surface area contributed by atoms with E-state index in [0.717, 1.165) is 19.5 Å². The quantitative estimate of drug-likeness (QED) is 0.665. The second-order valence-corrected chi connectivity index (χ2v) is 7.03. The van der Waals surface area contributed by atoms with Gasteiger partial charge in [-0.1, -0.05) is 19.1 Å². The molecule has 5 nitrogen and oxygen atoms in total. The Kier molecular flexibility index (Phi) is 5.30. The van der Waals surface area contributed by atoms with Crippen molar-refractivity contribution >= 4 is 27.2 Å². The molecular weight excluding hydrogens is 258 g/mol. The molecule has 7 heteroatoms. The van der Waals surface area contributed by atoms with Crippen LogP contribution in [0.4, 0.5) is 0 Å². The molecule has 0 saturated carbocycles. The molecule has 1 fully saturated rings. The summed E-state index contributed by atoms with van der Waals surface area (Å²) in [7, 11) is -1.37. The van der Waals surface area contributed by atoms with E-state index in [2.05, 4.69) is 9.62 Å². The van der Waals surface area contributed by atoms with Gasteiger partial charge in [-0.3, -0.25) is 0 Å². The SMILES string of the molecule is CCC(C(N)=S)S(=O)(=O)NCC1CCN(C)C1. The predicted octanol–water partition coefficient (Wildman–Crippen LogP) is -0.0778. The van der Waals surface area contributed by atoms with Crippen LogP contribution in [0.25, 0.3) is 0 Å². The molecule has 0 spiro atoms. The predicted molar refractivity (Wildman–Crippen MR) is 73.4 cm³/mol. The standard InChI is InChI=1S/C10H21N3O2S2/c1-3-9(10(11)16)17(14,15)12-6-8-4-5-13(2)7-8/h8-9,12H,3-7H2,1-2H3,(H2,11,16). The highest BCUT2D eigenvalue weighted by Gasteiger charge is 2.28. The normalized spacial score (nSPS) is 23.8. The summed E-state index contributed by atoms with van der Waals surface area (Å²) in [6, 6.07) is 0. The molecule has 0 aromatic carbocycles. The fraction of sp³-hybridized carbons (Fsp3) is 0.900. The van der Waals surface area contributed by atoms with E-state index in [0.29, 0.717) is 18.9 Å². The second-order valence-electron chi connectivity index (χ2n) is 4.61. The zero-order valence-corrected chi connectivity index (χ0v) is 12.0. The third kappa shape index (κ3) is 4.17. The summed E-state index contributed by atoms with van der Waals surface area (Å²) in [5.74, 6) is 0.388. The van der Waals surface area contributed by atoms with Gasteiger partial charge in [0.05, 0.1) is 4.99 Å². The van der Waals surface area contributed by atoms with Crippen molar-refractivity contribution in [1.82, 2.24) is 9.62 Å². The lowest BCUT2D eigenvalue weighted by Gasteiger charge is -2.17. The van der Waals surface area contributed by atoms with Crippen LogP contribution in [-0.2, 0) is 10.0 Å². The minimum Gasteiger partial charge on any atom is -0.392 e. The summed E-state index contributed by atoms with van der Waals surface area (Å²) in [6.45, 7) is 4.21. The first kappa shape index (κ1) is 14.8. The summed E-state index contributed by atoms with van der Waals surface area (Å²) in [5, 5.41) is -0.753. The van der Waals surface area contributed by atoms with E-state index in [4.69, 9.17) is 18.0 Å². The van der Waals surface area contributed by atoms with Gasteiger partial charge in [-0.2, -0.15) is 0 Å². The van der Waals surface area contributed by atoms with Crippen LogP contribution >= 0.6 is 12.2 Å². The van der Waals surface area contributed by atoms with Gasteiger partial charge in [0, 0.05) is 13.1 Å². The Morgan fingerprint density at radius 2 is 2.29 bits per heavy atom. The van der Waals surface area contributed by atoms with Gasteiger partial charge in [-0.15, -0.1) is 0 Å². The third-order valence-corrected chi connectivity index (χ3v) is 5.46. The molecule has 0 bridgehead atoms. The second kappa shape index (κ2) is 6.08. The Morgan fingerprint density at radius 3 is 2.71 bits per heavy atom. The van der Waals surface area contributed by atoms with Crippen LogP contribution in [0, 0.1) is 5.92 Å². The van der Waals surface area contributed by atoms with Crippen molar-refractivity contribution in [3.05, 3.63) is 0 Å². The molecule has 0 radical (unpaired) electrons. The summed E-state index contributed by atoms with van der Waals surface area (Å²) < 4.78 is 26.5. The van der Waals surface area contributed by atoms with Crippen LogP contribution in [0.2, 0.25) is 0 Å². The first-order valence-corrected chi connectivity index (χ1v) is 7.78. The number of hydrogen-bond acceptors (Lipinski definition) is 4. The summed E-state index contributed by atoms with van der Waals surface area (Å²) in [4.78, 5) is 2.24. The minimum atomic E-state index is -3.41. The lowest BCUT2D eigenvalue weighted by Crippen LogP contribution is -2.43. The Balaban J connectivity index is 2.52. The van der Waals surface area contributed by atoms with E-state index in [-0.39, 0.29) is 4.99 Å². The van der Waals surface area contributed by atoms with Crippen molar-refractivity contribution in [2.24, 2.45) is 11.7 Å². The molecule has 0 amide bonds. The highest BCUT2D eigenvalue weighted by Crippen LogP contribution is 2.14. The fourth-order valence-corrected chi connectivity index (χ4v) is 4.06. The van der Waals surface area contributed by atoms with Crippen LogP contribution in [0.5, 0.6) is 0 Å². The molecule has 17 heavy (non-hydrogen) atoms. The number of nitrogens with two attached hydrogens (primary N) is 1. The number of sulfonamides is 1. The van der Waals surface area contributed by atoms with E-state index >= 15 is 0 Å². The number of likely N-dealkylation sites (tertiary alicyclic amines) is 1. The fourth-order valence-electron chi connectivity index (χ4n) is 2.10. The lowest BCUT2D eigenvalue weighted by atomic mass is 10.1. The molecule has 0 aliphatic carbocycles. The maximum absolute atomic E-state index is 11.9. The van der Waals surface area contributed by atoms with Crippen molar-refractivity contribution in [3.63, 3.8) is 0 Å². The summed E-state index contributed by atoms with van der Waals surface area (Å²) in [5.41, 5.74) is 5.44. The van der Waals surface area contributed by atoms with Crippen molar-refractivity contribution in [1.29, 1.82) is 0 Å². The molecule has 1 heterocycles. The van der Waals surface area contributed by atoms with E-state index in [9.17, 15) is 8.42 Å². The first-order chi connectivity index (χ1) is 7.86. The molecule has 1 saturated heterocycles. The smallest absolute Gasteiger partial charge is 0.221 e. The Labute approximate surface area is 109 Å². The zero-order chi connectivity index (χ0) is 13.1. The first-order valence-electron chi connectivity index (χ1n) is 5.83. The topological polar surface area (TPSA) is 75.4 Å². The number of rotatable bonds is 6. The maximum atomic E-state index is 11.9. The number of hydrogen-bond donors (Lipinski definition) is 2. The lowest BCUT2D eigenvalue weighted by molar-refractivity contribution is 0.394. The average molecular weight is 279 g/mol. The highest BCUT2D eigenvalue weighted by molar-refractivity contribution is 7.93. The van der Waals surface area contributed by atoms with Crippen molar-refractivity contribution < 1.29 is 8.42 Å². The van der Waals surface area contributed by atoms with Crippen LogP contribution in [0.1, 0.15) is 19.8 Å². The zero-order valence-electron chi connectivity index (χ0n) is 10.3. The van der Waals surface area contributed by atoms with Gasteiger partial charge in [0.25, 0.3) is 0 Å². The van der Waals surface area contributed by atoms with E-state index in [1.165, 1.54) is 0 Å². The van der Waals surface area contributed by atoms with Crippen LogP contribution < -0.4 is 10.5 Å². The van der Waals surface area contributed by atoms with Gasteiger partial charge in [0.1, 0.15) is 5.25 Å². The van der Waals surface area contributed by atoms with Gasteiger partial charge in [-0.25, -0.2) is 13.1 Å². The van der Waals surface area contributed by atoms with E-state index in [1.807, 2.05) is 7.05 Å². The Morgan fingerprint density at radius 1 is 1.65 bits per heavy atom. The van der Waals surface area contributed by atoms with Gasteiger partial charge in [-0.05, 0) is 32.4 Å². The van der Waals surface area contributed by atoms with Crippen molar-refractivity contribution in [2.45, 2.75) is 25.0 Å². The number of nitrogens with zero attached hydrogens (tertiary/aromatic N) is 1. The summed E-state index contributed by atoms with van der Waals surface area (Å²) in [6.07, 6.45) is 1.44. The number of thiocarbonyl (C=S) groups is 1. The third-order valence-electron chi connectivity index (χ3n) is 3.12.